The third-order valence-electron chi connectivity index (χ3n) is 4.46. The van der Waals surface area contributed by atoms with E-state index in [1.807, 2.05) is 13.0 Å². The molecule has 3 rings (SSSR count). The highest BCUT2D eigenvalue weighted by atomic mass is 14.7. The lowest BCUT2D eigenvalue weighted by molar-refractivity contribution is 0.986. The van der Waals surface area contributed by atoms with Crippen molar-refractivity contribution in [2.45, 2.75) is 40.0 Å². The fraction of sp³-hybridized carbons (Fsp3) is 0.273. The Bertz CT molecular complexity index is 876. The van der Waals surface area contributed by atoms with Gasteiger partial charge in [-0.25, -0.2) is 0 Å². The minimum atomic E-state index is 0.702. The molecule has 0 unspecified atom stereocenters. The summed E-state index contributed by atoms with van der Waals surface area (Å²) in [4.78, 5) is 4.70. The molecule has 0 saturated heterocycles. The van der Waals surface area contributed by atoms with Gasteiger partial charge in [0.1, 0.15) is 0 Å². The molecule has 0 atom stereocenters. The summed E-state index contributed by atoms with van der Waals surface area (Å²) in [6.07, 6.45) is 2.85. The number of fused-ring (bicyclic) bond motifs is 1. The van der Waals surface area contributed by atoms with Crippen molar-refractivity contribution in [2.24, 2.45) is 0 Å². The van der Waals surface area contributed by atoms with Crippen molar-refractivity contribution in [1.82, 2.24) is 4.98 Å². The number of rotatable bonds is 5. The van der Waals surface area contributed by atoms with Crippen LogP contribution in [0.4, 0.5) is 0 Å². The van der Waals surface area contributed by atoms with Gasteiger partial charge in [-0.05, 0) is 48.6 Å². The highest BCUT2D eigenvalue weighted by Gasteiger charge is 2.10. The first-order valence-electron chi connectivity index (χ1n) is 8.71. The van der Waals surface area contributed by atoms with Gasteiger partial charge in [-0.3, -0.25) is 4.98 Å². The van der Waals surface area contributed by atoms with E-state index in [2.05, 4.69) is 56.3 Å². The summed E-state index contributed by atoms with van der Waals surface area (Å²) < 4.78 is 0. The van der Waals surface area contributed by atoms with E-state index < -0.39 is 0 Å². The fourth-order valence-electron chi connectivity index (χ4n) is 3.11. The van der Waals surface area contributed by atoms with Crippen molar-refractivity contribution in [3.05, 3.63) is 65.4 Å². The molecule has 1 aromatic heterocycles. The van der Waals surface area contributed by atoms with Crippen LogP contribution in [-0.4, -0.2) is 10.7 Å². The maximum Gasteiger partial charge on any atom is 0.0718 e. The number of hydrogen-bond acceptors (Lipinski definition) is 2. The monoisotopic (exact) mass is 316 g/mol. The van der Waals surface area contributed by atoms with E-state index in [0.29, 0.717) is 5.71 Å². The molecular weight excluding hydrogens is 292 g/mol. The van der Waals surface area contributed by atoms with Crippen molar-refractivity contribution in [3.8, 4) is 11.1 Å². The van der Waals surface area contributed by atoms with Gasteiger partial charge in [-0.2, -0.15) is 0 Å². The van der Waals surface area contributed by atoms with Crippen molar-refractivity contribution < 1.29 is 0 Å². The van der Waals surface area contributed by atoms with Crippen LogP contribution < -0.4 is 0 Å². The summed E-state index contributed by atoms with van der Waals surface area (Å²) in [7, 11) is 0. The number of nitrogens with one attached hydrogen (secondary N) is 1. The number of nitrogens with zero attached hydrogens (tertiary/aromatic N) is 1. The number of aromatic nitrogens is 1. The van der Waals surface area contributed by atoms with E-state index >= 15 is 0 Å². The Morgan fingerprint density at radius 2 is 1.67 bits per heavy atom. The van der Waals surface area contributed by atoms with Gasteiger partial charge in [-0.1, -0.05) is 56.7 Å². The zero-order chi connectivity index (χ0) is 17.1. The molecule has 0 radical (unpaired) electrons. The number of benzene rings is 2. The SMILES string of the molecule is CCCC(=N)c1cc(C)nc2cc(-c3ccc(CC)cc3)ccc12. The molecule has 2 heteroatoms. The van der Waals surface area contributed by atoms with Crippen LogP contribution in [-0.2, 0) is 6.42 Å². The van der Waals surface area contributed by atoms with E-state index in [1.54, 1.807) is 0 Å². The Morgan fingerprint density at radius 3 is 2.33 bits per heavy atom. The predicted octanol–water partition coefficient (Wildman–Crippen LogP) is 5.94. The summed E-state index contributed by atoms with van der Waals surface area (Å²) in [5.74, 6) is 0. The third-order valence-corrected chi connectivity index (χ3v) is 4.46. The molecule has 1 N–H and O–H groups in total. The minimum absolute atomic E-state index is 0.702. The quantitative estimate of drug-likeness (QED) is 0.581. The molecule has 2 nitrogen and oxygen atoms in total. The summed E-state index contributed by atoms with van der Waals surface area (Å²) in [5.41, 5.74) is 7.41. The largest absolute Gasteiger partial charge is 0.305 e. The topological polar surface area (TPSA) is 36.7 Å². The fourth-order valence-corrected chi connectivity index (χ4v) is 3.11. The molecule has 0 saturated carbocycles. The van der Waals surface area contributed by atoms with Crippen molar-refractivity contribution >= 4 is 16.6 Å². The van der Waals surface area contributed by atoms with Crippen molar-refractivity contribution in [2.75, 3.05) is 0 Å². The predicted molar refractivity (Wildman–Crippen MR) is 103 cm³/mol. The van der Waals surface area contributed by atoms with E-state index in [9.17, 15) is 0 Å². The van der Waals surface area contributed by atoms with Gasteiger partial charge >= 0.3 is 0 Å². The third kappa shape index (κ3) is 3.23. The molecule has 0 spiro atoms. The standard InChI is InChI=1S/C22H24N2/c1-4-6-21(23)20-13-15(3)24-22-14-18(11-12-19(20)22)17-9-7-16(5-2)8-10-17/h7-14,23H,4-6H2,1-3H3. The normalized spacial score (nSPS) is 11.0. The molecule has 0 aliphatic carbocycles. The van der Waals surface area contributed by atoms with Crippen LogP contribution in [0.25, 0.3) is 22.0 Å². The van der Waals surface area contributed by atoms with Crippen LogP contribution in [0.1, 0.15) is 43.5 Å². The Labute approximate surface area is 144 Å². The van der Waals surface area contributed by atoms with Crippen LogP contribution in [0, 0.1) is 12.3 Å². The summed E-state index contributed by atoms with van der Waals surface area (Å²) in [6.45, 7) is 6.29. The van der Waals surface area contributed by atoms with Gasteiger partial charge in [0.05, 0.1) is 5.52 Å². The molecule has 0 aliphatic heterocycles. The number of aryl methyl sites for hydroxylation is 2. The van der Waals surface area contributed by atoms with E-state index in [4.69, 9.17) is 10.4 Å². The average Bonchev–Trinajstić information content (AvgIpc) is 2.60. The van der Waals surface area contributed by atoms with E-state index in [-0.39, 0.29) is 0 Å². The second-order valence-electron chi connectivity index (χ2n) is 6.32. The molecule has 0 fully saturated rings. The Balaban J connectivity index is 2.09. The van der Waals surface area contributed by atoms with Crippen molar-refractivity contribution in [1.29, 1.82) is 5.41 Å². The molecule has 0 amide bonds. The summed E-state index contributed by atoms with van der Waals surface area (Å²) >= 11 is 0. The first kappa shape index (κ1) is 16.4. The smallest absolute Gasteiger partial charge is 0.0718 e. The van der Waals surface area contributed by atoms with Gasteiger partial charge < -0.3 is 5.41 Å². The lowest BCUT2D eigenvalue weighted by Crippen LogP contribution is -2.01. The van der Waals surface area contributed by atoms with Crippen LogP contribution in [0.15, 0.2) is 48.5 Å². The van der Waals surface area contributed by atoms with Gasteiger partial charge in [0.2, 0.25) is 0 Å². The maximum atomic E-state index is 8.34. The second-order valence-corrected chi connectivity index (χ2v) is 6.32. The molecule has 1 heterocycles. The summed E-state index contributed by atoms with van der Waals surface area (Å²) in [5, 5.41) is 9.42. The lowest BCUT2D eigenvalue weighted by Gasteiger charge is -2.11. The molecule has 0 aliphatic rings. The number of pyridine rings is 1. The lowest BCUT2D eigenvalue weighted by atomic mass is 9.97. The van der Waals surface area contributed by atoms with Crippen LogP contribution >= 0.6 is 0 Å². The Morgan fingerprint density at radius 1 is 0.958 bits per heavy atom. The molecule has 24 heavy (non-hydrogen) atoms. The van der Waals surface area contributed by atoms with Crippen molar-refractivity contribution in [3.63, 3.8) is 0 Å². The Hall–Kier alpha value is -2.48. The molecule has 2 aromatic carbocycles. The zero-order valence-corrected chi connectivity index (χ0v) is 14.7. The molecule has 3 aromatic rings. The average molecular weight is 316 g/mol. The van der Waals surface area contributed by atoms with Gasteiger partial charge in [0, 0.05) is 22.4 Å². The van der Waals surface area contributed by atoms with E-state index in [0.717, 1.165) is 41.4 Å². The molecule has 0 bridgehead atoms. The first-order valence-corrected chi connectivity index (χ1v) is 8.71. The highest BCUT2D eigenvalue weighted by molar-refractivity contribution is 6.09. The maximum absolute atomic E-state index is 8.34. The van der Waals surface area contributed by atoms with Crippen LogP contribution in [0.2, 0.25) is 0 Å². The van der Waals surface area contributed by atoms with Gasteiger partial charge in [0.15, 0.2) is 0 Å². The first-order chi connectivity index (χ1) is 11.6. The van der Waals surface area contributed by atoms with Gasteiger partial charge in [-0.15, -0.1) is 0 Å². The molecule has 122 valence electrons. The summed E-state index contributed by atoms with van der Waals surface area (Å²) in [6, 6.07) is 17.2. The second kappa shape index (κ2) is 6.96. The highest BCUT2D eigenvalue weighted by Crippen LogP contribution is 2.27. The van der Waals surface area contributed by atoms with Gasteiger partial charge in [0.25, 0.3) is 0 Å². The minimum Gasteiger partial charge on any atom is -0.305 e. The van der Waals surface area contributed by atoms with Crippen LogP contribution in [0.3, 0.4) is 0 Å². The zero-order valence-electron chi connectivity index (χ0n) is 14.7. The van der Waals surface area contributed by atoms with E-state index in [1.165, 1.54) is 16.7 Å². The van der Waals surface area contributed by atoms with Crippen LogP contribution in [0.5, 0.6) is 0 Å². The Kier molecular flexibility index (Phi) is 4.75. The number of hydrogen-bond donors (Lipinski definition) is 1. The molecular formula is C22H24N2.